The minimum Gasteiger partial charge on any atom is -0.467 e. The number of fused-ring (bicyclic) bond motifs is 1. The molecule has 0 amide bonds. The van der Waals surface area contributed by atoms with Crippen molar-refractivity contribution < 1.29 is 4.42 Å². The Morgan fingerprint density at radius 2 is 2.21 bits per heavy atom. The normalized spacial score (nSPS) is 19.5. The molecule has 0 bridgehead atoms. The molecule has 0 spiro atoms. The maximum absolute atomic E-state index is 5.52. The second-order valence-corrected chi connectivity index (χ2v) is 6.52. The van der Waals surface area contributed by atoms with Crippen molar-refractivity contribution in [2.24, 2.45) is 0 Å². The summed E-state index contributed by atoms with van der Waals surface area (Å²) in [6.45, 7) is 2.92. The van der Waals surface area contributed by atoms with E-state index in [1.807, 2.05) is 30.5 Å². The summed E-state index contributed by atoms with van der Waals surface area (Å²) in [6.07, 6.45) is 7.03. The summed E-state index contributed by atoms with van der Waals surface area (Å²) in [6, 6.07) is 8.28. The van der Waals surface area contributed by atoms with E-state index in [2.05, 4.69) is 26.8 Å². The van der Waals surface area contributed by atoms with Gasteiger partial charge in [0.25, 0.3) is 0 Å². The predicted molar refractivity (Wildman–Crippen MR) is 94.1 cm³/mol. The lowest BCUT2D eigenvalue weighted by atomic mass is 10.1. The van der Waals surface area contributed by atoms with Gasteiger partial charge in [-0.2, -0.15) is 0 Å². The largest absolute Gasteiger partial charge is 0.467 e. The summed E-state index contributed by atoms with van der Waals surface area (Å²) in [4.78, 5) is 11.7. The lowest BCUT2D eigenvalue weighted by Crippen LogP contribution is -2.24. The van der Waals surface area contributed by atoms with E-state index in [1.165, 1.54) is 19.4 Å². The third-order valence-electron chi connectivity index (χ3n) is 4.68. The third-order valence-corrected chi connectivity index (χ3v) is 4.68. The zero-order valence-electron chi connectivity index (χ0n) is 14.0. The highest BCUT2D eigenvalue weighted by Crippen LogP contribution is 2.22. The Morgan fingerprint density at radius 1 is 1.25 bits per heavy atom. The summed E-state index contributed by atoms with van der Waals surface area (Å²) >= 11 is 0. The monoisotopic (exact) mass is 325 g/mol. The topological polar surface area (TPSA) is 59.1 Å². The Hall–Kier alpha value is -2.34. The molecule has 4 rings (SSSR count). The number of furan rings is 1. The minimum atomic E-state index is 0.446. The number of likely N-dealkylation sites (tertiary alicyclic amines) is 1. The highest BCUT2D eigenvalue weighted by atomic mass is 16.3. The molecule has 3 aromatic heterocycles. The van der Waals surface area contributed by atoms with Crippen LogP contribution < -0.4 is 5.32 Å². The fourth-order valence-corrected chi connectivity index (χ4v) is 3.34. The van der Waals surface area contributed by atoms with Crippen LogP contribution >= 0.6 is 0 Å². The van der Waals surface area contributed by atoms with E-state index in [0.29, 0.717) is 12.6 Å². The van der Waals surface area contributed by atoms with Crippen molar-refractivity contribution in [3.8, 4) is 0 Å². The number of imidazole rings is 1. The van der Waals surface area contributed by atoms with Gasteiger partial charge in [0.05, 0.1) is 12.8 Å². The lowest BCUT2D eigenvalue weighted by Gasteiger charge is -2.18. The molecule has 1 unspecified atom stereocenters. The number of hydrogen-bond acceptors (Lipinski definition) is 5. The zero-order chi connectivity index (χ0) is 16.4. The highest BCUT2D eigenvalue weighted by Gasteiger charge is 2.19. The summed E-state index contributed by atoms with van der Waals surface area (Å²) < 4.78 is 7.64. The van der Waals surface area contributed by atoms with Crippen LogP contribution in [-0.4, -0.2) is 45.6 Å². The van der Waals surface area contributed by atoms with Crippen LogP contribution in [0.4, 0.5) is 5.95 Å². The zero-order valence-corrected chi connectivity index (χ0v) is 14.0. The number of rotatable bonds is 4. The fraction of sp³-hybridized carbons (Fsp3) is 0.444. The summed E-state index contributed by atoms with van der Waals surface area (Å²) in [5.41, 5.74) is 1.81. The molecule has 1 aliphatic rings. The Balaban J connectivity index is 1.63. The first kappa shape index (κ1) is 15.2. The molecule has 3 aromatic rings. The Bertz CT molecular complexity index is 795. The van der Waals surface area contributed by atoms with Crippen LogP contribution in [0.15, 0.2) is 41.1 Å². The van der Waals surface area contributed by atoms with Crippen molar-refractivity contribution in [2.45, 2.75) is 31.8 Å². The second-order valence-electron chi connectivity index (χ2n) is 6.52. The number of anilines is 1. The van der Waals surface area contributed by atoms with Gasteiger partial charge in [-0.3, -0.25) is 4.57 Å². The van der Waals surface area contributed by atoms with Gasteiger partial charge in [0, 0.05) is 12.2 Å². The van der Waals surface area contributed by atoms with Gasteiger partial charge in [-0.05, 0) is 63.7 Å². The van der Waals surface area contributed by atoms with Crippen molar-refractivity contribution in [3.63, 3.8) is 0 Å². The van der Waals surface area contributed by atoms with Crippen LogP contribution in [0.5, 0.6) is 0 Å². The molecule has 126 valence electrons. The summed E-state index contributed by atoms with van der Waals surface area (Å²) in [5.74, 6) is 1.79. The molecule has 6 heteroatoms. The maximum Gasteiger partial charge on any atom is 0.205 e. The second kappa shape index (κ2) is 6.65. The number of pyridine rings is 1. The lowest BCUT2D eigenvalue weighted by molar-refractivity contribution is 0.348. The van der Waals surface area contributed by atoms with Gasteiger partial charge >= 0.3 is 0 Å². The minimum absolute atomic E-state index is 0.446. The van der Waals surface area contributed by atoms with E-state index in [0.717, 1.165) is 35.8 Å². The van der Waals surface area contributed by atoms with E-state index in [9.17, 15) is 0 Å². The first-order valence-electron chi connectivity index (χ1n) is 8.58. The van der Waals surface area contributed by atoms with Crippen LogP contribution in [-0.2, 0) is 6.54 Å². The molecule has 0 saturated carbocycles. The molecule has 1 N–H and O–H groups in total. The third kappa shape index (κ3) is 3.14. The Morgan fingerprint density at radius 3 is 3.08 bits per heavy atom. The number of nitrogens with one attached hydrogen (secondary N) is 1. The van der Waals surface area contributed by atoms with E-state index in [1.54, 1.807) is 6.26 Å². The van der Waals surface area contributed by atoms with E-state index >= 15 is 0 Å². The maximum atomic E-state index is 5.52. The van der Waals surface area contributed by atoms with Crippen LogP contribution in [0.25, 0.3) is 11.2 Å². The van der Waals surface area contributed by atoms with Crippen molar-refractivity contribution >= 4 is 17.1 Å². The first-order valence-corrected chi connectivity index (χ1v) is 8.58. The smallest absolute Gasteiger partial charge is 0.205 e. The highest BCUT2D eigenvalue weighted by molar-refractivity contribution is 5.74. The molecule has 0 aliphatic carbocycles. The Kier molecular flexibility index (Phi) is 4.21. The van der Waals surface area contributed by atoms with Gasteiger partial charge in [0.1, 0.15) is 11.3 Å². The molecule has 1 aliphatic heterocycles. The van der Waals surface area contributed by atoms with Gasteiger partial charge < -0.3 is 14.6 Å². The molecule has 0 radical (unpaired) electrons. The Labute approximate surface area is 141 Å². The van der Waals surface area contributed by atoms with Crippen molar-refractivity contribution in [1.29, 1.82) is 0 Å². The average molecular weight is 325 g/mol. The van der Waals surface area contributed by atoms with Crippen LogP contribution in [0, 0.1) is 0 Å². The van der Waals surface area contributed by atoms with Gasteiger partial charge in [-0.1, -0.05) is 0 Å². The van der Waals surface area contributed by atoms with Gasteiger partial charge in [-0.25, -0.2) is 9.97 Å². The predicted octanol–water partition coefficient (Wildman–Crippen LogP) is 2.97. The molecular weight excluding hydrogens is 302 g/mol. The quantitative estimate of drug-likeness (QED) is 0.799. The molecule has 1 fully saturated rings. The number of aromatic nitrogens is 3. The standard InChI is InChI=1S/C18H23N5O/c1-22-10-3-5-14(8-11-22)20-18-21-16-7-2-9-19-17(16)23(18)13-15-6-4-12-24-15/h2,4,6-7,9,12,14H,3,5,8,10-11,13H2,1H3,(H,20,21). The summed E-state index contributed by atoms with van der Waals surface area (Å²) in [7, 11) is 2.19. The van der Waals surface area contributed by atoms with Crippen LogP contribution in [0.3, 0.4) is 0 Å². The molecule has 1 atom stereocenters. The number of nitrogens with zero attached hydrogens (tertiary/aromatic N) is 4. The fourth-order valence-electron chi connectivity index (χ4n) is 3.34. The average Bonchev–Trinajstić information content (AvgIpc) is 3.16. The molecule has 1 saturated heterocycles. The van der Waals surface area contributed by atoms with E-state index in [-0.39, 0.29) is 0 Å². The van der Waals surface area contributed by atoms with Gasteiger partial charge in [0.15, 0.2) is 5.65 Å². The molecule has 24 heavy (non-hydrogen) atoms. The van der Waals surface area contributed by atoms with Gasteiger partial charge in [-0.15, -0.1) is 0 Å². The van der Waals surface area contributed by atoms with Crippen molar-refractivity contribution in [1.82, 2.24) is 19.4 Å². The molecular formula is C18H23N5O. The SMILES string of the molecule is CN1CCCC(Nc2nc3cccnc3n2Cc2ccco2)CC1. The van der Waals surface area contributed by atoms with E-state index < -0.39 is 0 Å². The first-order chi connectivity index (χ1) is 11.8. The molecule has 6 nitrogen and oxygen atoms in total. The van der Waals surface area contributed by atoms with Gasteiger partial charge in [0.2, 0.25) is 5.95 Å². The van der Waals surface area contributed by atoms with E-state index in [4.69, 9.17) is 9.40 Å². The summed E-state index contributed by atoms with van der Waals surface area (Å²) in [5, 5.41) is 3.66. The molecule has 4 heterocycles. The number of hydrogen-bond donors (Lipinski definition) is 1. The molecule has 0 aromatic carbocycles. The van der Waals surface area contributed by atoms with Crippen LogP contribution in [0.2, 0.25) is 0 Å². The van der Waals surface area contributed by atoms with Crippen molar-refractivity contribution in [3.05, 3.63) is 42.5 Å². The van der Waals surface area contributed by atoms with Crippen LogP contribution in [0.1, 0.15) is 25.0 Å². The van der Waals surface area contributed by atoms with Crippen molar-refractivity contribution in [2.75, 3.05) is 25.5 Å².